The largest absolute Gasteiger partial charge is 0.315 e. The van der Waals surface area contributed by atoms with E-state index in [1.165, 1.54) is 17.8 Å². The third-order valence-electron chi connectivity index (χ3n) is 1.50. The summed E-state index contributed by atoms with van der Waals surface area (Å²) in [7, 11) is 1.83. The second-order valence-electron chi connectivity index (χ2n) is 2.72. The maximum absolute atomic E-state index is 5.20. The van der Waals surface area contributed by atoms with Crippen LogP contribution in [0.1, 0.15) is 20.3 Å². The summed E-state index contributed by atoms with van der Waals surface area (Å²) in [6.07, 6.45) is 2.98. The maximum atomic E-state index is 5.20. The van der Waals surface area contributed by atoms with E-state index in [0.717, 1.165) is 13.0 Å². The second kappa shape index (κ2) is 6.68. The SMILES string of the molecule is CN=C(C)CC(C)COSC. The molecule has 0 fully saturated rings. The number of rotatable bonds is 5. The molecule has 0 amide bonds. The summed E-state index contributed by atoms with van der Waals surface area (Å²) in [6.45, 7) is 5.04. The number of aliphatic imine (C=N–C) groups is 1. The Morgan fingerprint density at radius 2 is 2.27 bits per heavy atom. The van der Waals surface area contributed by atoms with Crippen LogP contribution in [0, 0.1) is 5.92 Å². The van der Waals surface area contributed by atoms with Gasteiger partial charge in [0.15, 0.2) is 0 Å². The average Bonchev–Trinajstić information content (AvgIpc) is 2.00. The molecule has 0 spiro atoms. The van der Waals surface area contributed by atoms with E-state index in [9.17, 15) is 0 Å². The van der Waals surface area contributed by atoms with Crippen molar-refractivity contribution in [3.63, 3.8) is 0 Å². The van der Waals surface area contributed by atoms with Crippen LogP contribution in [-0.2, 0) is 4.18 Å². The number of hydrogen-bond donors (Lipinski definition) is 0. The van der Waals surface area contributed by atoms with Gasteiger partial charge in [0.2, 0.25) is 0 Å². The first kappa shape index (κ1) is 11.0. The molecule has 0 N–H and O–H groups in total. The summed E-state index contributed by atoms with van der Waals surface area (Å²) >= 11 is 1.42. The Hall–Kier alpha value is -0.0200. The van der Waals surface area contributed by atoms with Crippen molar-refractivity contribution in [3.8, 4) is 0 Å². The van der Waals surface area contributed by atoms with Gasteiger partial charge in [-0.1, -0.05) is 6.92 Å². The van der Waals surface area contributed by atoms with Gasteiger partial charge < -0.3 is 4.18 Å². The highest BCUT2D eigenvalue weighted by Gasteiger charge is 2.02. The Bertz CT molecular complexity index is 125. The van der Waals surface area contributed by atoms with E-state index in [1.54, 1.807) is 0 Å². The molecule has 0 aliphatic heterocycles. The molecule has 1 unspecified atom stereocenters. The van der Waals surface area contributed by atoms with Crippen LogP contribution >= 0.6 is 12.0 Å². The first-order valence-electron chi connectivity index (χ1n) is 3.78. The molecule has 1 atom stereocenters. The zero-order valence-electron chi connectivity index (χ0n) is 7.76. The Labute approximate surface area is 73.6 Å². The van der Waals surface area contributed by atoms with Crippen molar-refractivity contribution in [1.29, 1.82) is 0 Å². The molecule has 0 aliphatic carbocycles. The third kappa shape index (κ3) is 6.38. The van der Waals surface area contributed by atoms with Crippen molar-refractivity contribution in [1.82, 2.24) is 0 Å². The molecule has 0 saturated carbocycles. The molecule has 0 aromatic heterocycles. The Morgan fingerprint density at radius 1 is 1.64 bits per heavy atom. The van der Waals surface area contributed by atoms with E-state index in [4.69, 9.17) is 4.18 Å². The fourth-order valence-electron chi connectivity index (χ4n) is 0.839. The molecule has 66 valence electrons. The molecule has 0 radical (unpaired) electrons. The predicted molar refractivity (Wildman–Crippen MR) is 52.3 cm³/mol. The van der Waals surface area contributed by atoms with Crippen LogP contribution in [0.5, 0.6) is 0 Å². The van der Waals surface area contributed by atoms with Crippen molar-refractivity contribution < 1.29 is 4.18 Å². The zero-order valence-corrected chi connectivity index (χ0v) is 8.57. The van der Waals surface area contributed by atoms with Gasteiger partial charge in [0.05, 0.1) is 6.61 Å². The zero-order chi connectivity index (χ0) is 8.69. The van der Waals surface area contributed by atoms with Gasteiger partial charge in [0.25, 0.3) is 0 Å². The van der Waals surface area contributed by atoms with Gasteiger partial charge in [-0.3, -0.25) is 4.99 Å². The van der Waals surface area contributed by atoms with Crippen LogP contribution in [0.4, 0.5) is 0 Å². The van der Waals surface area contributed by atoms with Crippen molar-refractivity contribution in [3.05, 3.63) is 0 Å². The van der Waals surface area contributed by atoms with Crippen LogP contribution in [-0.4, -0.2) is 25.6 Å². The van der Waals surface area contributed by atoms with Gasteiger partial charge in [0.1, 0.15) is 0 Å². The van der Waals surface area contributed by atoms with Crippen molar-refractivity contribution in [2.45, 2.75) is 20.3 Å². The molecule has 0 aromatic carbocycles. The molecule has 0 aliphatic rings. The summed E-state index contributed by atoms with van der Waals surface area (Å²) in [5.74, 6) is 0.575. The highest BCUT2D eigenvalue weighted by molar-refractivity contribution is 7.93. The summed E-state index contributed by atoms with van der Waals surface area (Å²) in [4.78, 5) is 4.09. The van der Waals surface area contributed by atoms with E-state index >= 15 is 0 Å². The number of hydrogen-bond acceptors (Lipinski definition) is 3. The van der Waals surface area contributed by atoms with Crippen LogP contribution in [0.15, 0.2) is 4.99 Å². The Balaban J connectivity index is 3.43. The minimum absolute atomic E-state index is 0.575. The topological polar surface area (TPSA) is 21.6 Å². The predicted octanol–water partition coefficient (Wildman–Crippen LogP) is 2.40. The summed E-state index contributed by atoms with van der Waals surface area (Å²) in [6, 6.07) is 0. The quantitative estimate of drug-likeness (QED) is 0.472. The van der Waals surface area contributed by atoms with E-state index in [0.29, 0.717) is 5.92 Å². The lowest BCUT2D eigenvalue weighted by molar-refractivity contribution is 0.308. The van der Waals surface area contributed by atoms with Crippen molar-refractivity contribution in [2.24, 2.45) is 10.9 Å². The van der Waals surface area contributed by atoms with Gasteiger partial charge in [-0.05, 0) is 31.3 Å². The van der Waals surface area contributed by atoms with Gasteiger partial charge in [-0.25, -0.2) is 0 Å². The minimum atomic E-state index is 0.575. The first-order chi connectivity index (χ1) is 5.20. The lowest BCUT2D eigenvalue weighted by atomic mass is 10.1. The molecule has 0 rings (SSSR count). The first-order valence-corrected chi connectivity index (χ1v) is 4.93. The van der Waals surface area contributed by atoms with Gasteiger partial charge in [0, 0.05) is 19.0 Å². The van der Waals surface area contributed by atoms with E-state index in [-0.39, 0.29) is 0 Å². The molecule has 0 aromatic rings. The highest BCUT2D eigenvalue weighted by Crippen LogP contribution is 2.07. The highest BCUT2D eigenvalue weighted by atomic mass is 32.2. The molecule has 0 heterocycles. The standard InChI is InChI=1S/C8H17NOS/c1-7(6-10-11-4)5-8(2)9-3/h7H,5-6H2,1-4H3. The maximum Gasteiger partial charge on any atom is 0.0642 e. The normalized spacial score (nSPS) is 15.1. The fourth-order valence-corrected chi connectivity index (χ4v) is 1.21. The molecule has 3 heteroatoms. The third-order valence-corrected chi connectivity index (χ3v) is 1.87. The molecule has 0 saturated heterocycles. The summed E-state index contributed by atoms with van der Waals surface area (Å²) < 4.78 is 5.20. The van der Waals surface area contributed by atoms with Gasteiger partial charge in [-0.2, -0.15) is 0 Å². The minimum Gasteiger partial charge on any atom is -0.315 e. The monoisotopic (exact) mass is 175 g/mol. The van der Waals surface area contributed by atoms with Gasteiger partial charge in [-0.15, -0.1) is 0 Å². The lowest BCUT2D eigenvalue weighted by Crippen LogP contribution is -2.07. The number of nitrogens with zero attached hydrogens (tertiary/aromatic N) is 1. The molecule has 2 nitrogen and oxygen atoms in total. The lowest BCUT2D eigenvalue weighted by Gasteiger charge is -2.08. The molecular weight excluding hydrogens is 158 g/mol. The van der Waals surface area contributed by atoms with E-state index in [1.807, 2.05) is 13.3 Å². The second-order valence-corrected chi connectivity index (χ2v) is 3.29. The summed E-state index contributed by atoms with van der Waals surface area (Å²) in [5.41, 5.74) is 1.20. The van der Waals surface area contributed by atoms with Crippen molar-refractivity contribution >= 4 is 17.8 Å². The van der Waals surface area contributed by atoms with Crippen LogP contribution in [0.25, 0.3) is 0 Å². The van der Waals surface area contributed by atoms with E-state index < -0.39 is 0 Å². The molecule has 11 heavy (non-hydrogen) atoms. The molecule has 0 bridgehead atoms. The van der Waals surface area contributed by atoms with Crippen LogP contribution in [0.2, 0.25) is 0 Å². The molecular formula is C8H17NOS. The van der Waals surface area contributed by atoms with Crippen LogP contribution in [0.3, 0.4) is 0 Å². The van der Waals surface area contributed by atoms with E-state index in [2.05, 4.69) is 18.8 Å². The smallest absolute Gasteiger partial charge is 0.0642 e. The van der Waals surface area contributed by atoms with Crippen molar-refractivity contribution in [2.75, 3.05) is 19.9 Å². The fraction of sp³-hybridized carbons (Fsp3) is 0.875. The van der Waals surface area contributed by atoms with Crippen LogP contribution < -0.4 is 0 Å². The Morgan fingerprint density at radius 3 is 2.73 bits per heavy atom. The Kier molecular flexibility index (Phi) is 6.66. The average molecular weight is 175 g/mol. The van der Waals surface area contributed by atoms with Gasteiger partial charge >= 0.3 is 0 Å². The summed E-state index contributed by atoms with van der Waals surface area (Å²) in [5, 5.41) is 0.